The molecule has 3 atom stereocenters. The van der Waals surface area contributed by atoms with Crippen molar-refractivity contribution >= 4 is 5.91 Å². The average Bonchev–Trinajstić information content (AvgIpc) is 3.02. The number of primary amides is 1. The van der Waals surface area contributed by atoms with Crippen LogP contribution in [0.1, 0.15) is 58.8 Å². The number of amides is 1. The zero-order chi connectivity index (χ0) is 15.3. The summed E-state index contributed by atoms with van der Waals surface area (Å²) in [5.74, 6) is 1.74. The molecule has 4 heteroatoms. The average molecular weight is 295 g/mol. The van der Waals surface area contributed by atoms with Crippen LogP contribution in [0, 0.1) is 11.8 Å². The number of nitrogens with one attached hydrogen (secondary N) is 1. The molecule has 0 aromatic heterocycles. The van der Waals surface area contributed by atoms with Crippen molar-refractivity contribution in [2.45, 2.75) is 64.3 Å². The first kappa shape index (κ1) is 16.8. The normalized spacial score (nSPS) is 28.5. The summed E-state index contributed by atoms with van der Waals surface area (Å²) in [6.07, 6.45) is 8.47. The van der Waals surface area contributed by atoms with Gasteiger partial charge in [-0.1, -0.05) is 13.3 Å². The van der Waals surface area contributed by atoms with E-state index < -0.39 is 5.54 Å². The number of nitrogens with zero attached hydrogens (tertiary/aromatic N) is 1. The molecule has 1 amide bonds. The molecule has 2 aliphatic rings. The fourth-order valence-electron chi connectivity index (χ4n) is 4.03. The Hall–Kier alpha value is -0.610. The molecule has 1 aliphatic heterocycles. The lowest BCUT2D eigenvalue weighted by atomic mass is 9.93. The Morgan fingerprint density at radius 3 is 2.52 bits per heavy atom. The van der Waals surface area contributed by atoms with Crippen LogP contribution in [0.5, 0.6) is 0 Å². The summed E-state index contributed by atoms with van der Waals surface area (Å²) in [4.78, 5) is 14.3. The maximum atomic E-state index is 11.7. The van der Waals surface area contributed by atoms with Gasteiger partial charge in [0, 0.05) is 13.1 Å². The van der Waals surface area contributed by atoms with Crippen molar-refractivity contribution < 1.29 is 4.79 Å². The highest BCUT2D eigenvalue weighted by Crippen LogP contribution is 2.37. The maximum absolute atomic E-state index is 11.7. The molecule has 1 heterocycles. The van der Waals surface area contributed by atoms with Gasteiger partial charge in [0.1, 0.15) is 0 Å². The molecule has 3 N–H and O–H groups in total. The molecule has 1 saturated heterocycles. The first-order chi connectivity index (χ1) is 10.0. The summed E-state index contributed by atoms with van der Waals surface area (Å²) in [5, 5.41) is 3.32. The molecule has 3 unspecified atom stereocenters. The number of hydrogen-bond acceptors (Lipinski definition) is 3. The molecule has 0 bridgehead atoms. The lowest BCUT2D eigenvalue weighted by Gasteiger charge is -2.28. The standard InChI is InChI=1S/C17H33N3O/c1-3-10-19-17(2,16(18)21)9-4-5-11-20-12-14-7-6-8-15(14)13-20/h14-15,19H,3-13H2,1-2H3,(H2,18,21). The summed E-state index contributed by atoms with van der Waals surface area (Å²) in [6.45, 7) is 8.73. The monoisotopic (exact) mass is 295 g/mol. The van der Waals surface area contributed by atoms with Crippen LogP contribution in [0.25, 0.3) is 0 Å². The molecule has 0 aromatic rings. The van der Waals surface area contributed by atoms with Gasteiger partial charge in [0.05, 0.1) is 5.54 Å². The van der Waals surface area contributed by atoms with Crippen LogP contribution in [0.15, 0.2) is 0 Å². The quantitative estimate of drug-likeness (QED) is 0.641. The Bertz CT molecular complexity index is 335. The lowest BCUT2D eigenvalue weighted by Crippen LogP contribution is -2.53. The van der Waals surface area contributed by atoms with E-state index >= 15 is 0 Å². The largest absolute Gasteiger partial charge is 0.368 e. The van der Waals surface area contributed by atoms with Crippen LogP contribution >= 0.6 is 0 Å². The van der Waals surface area contributed by atoms with E-state index in [-0.39, 0.29) is 5.91 Å². The van der Waals surface area contributed by atoms with Gasteiger partial charge in [0.15, 0.2) is 0 Å². The number of likely N-dealkylation sites (tertiary alicyclic amines) is 1. The van der Waals surface area contributed by atoms with Crippen molar-refractivity contribution in [2.24, 2.45) is 17.6 Å². The van der Waals surface area contributed by atoms with Gasteiger partial charge in [-0.2, -0.15) is 0 Å². The second-order valence-electron chi connectivity index (χ2n) is 7.29. The van der Waals surface area contributed by atoms with Crippen molar-refractivity contribution in [3.8, 4) is 0 Å². The van der Waals surface area contributed by atoms with E-state index in [1.807, 2.05) is 6.92 Å². The minimum absolute atomic E-state index is 0.216. The number of fused-ring (bicyclic) bond motifs is 1. The highest BCUT2D eigenvalue weighted by molar-refractivity contribution is 5.84. The molecule has 1 aliphatic carbocycles. The predicted molar refractivity (Wildman–Crippen MR) is 87.0 cm³/mol. The number of carbonyl (C=O) groups is 1. The first-order valence-corrected chi connectivity index (χ1v) is 8.82. The summed E-state index contributed by atoms with van der Waals surface area (Å²) in [5.41, 5.74) is 5.04. The highest BCUT2D eigenvalue weighted by atomic mass is 16.1. The van der Waals surface area contributed by atoms with E-state index in [2.05, 4.69) is 17.1 Å². The minimum atomic E-state index is -0.530. The van der Waals surface area contributed by atoms with Gasteiger partial charge < -0.3 is 16.0 Å². The third kappa shape index (κ3) is 4.43. The van der Waals surface area contributed by atoms with Crippen molar-refractivity contribution in [1.29, 1.82) is 0 Å². The SMILES string of the molecule is CCCNC(C)(CCCCN1CC2CCCC2C1)C(N)=O. The molecule has 122 valence electrons. The van der Waals surface area contributed by atoms with Gasteiger partial charge in [-0.3, -0.25) is 4.79 Å². The molecule has 4 nitrogen and oxygen atoms in total. The zero-order valence-corrected chi connectivity index (χ0v) is 13.9. The minimum Gasteiger partial charge on any atom is -0.368 e. The predicted octanol–water partition coefficient (Wildman–Crippen LogP) is 2.13. The number of rotatable bonds is 9. The van der Waals surface area contributed by atoms with Gasteiger partial charge in [-0.05, 0) is 70.4 Å². The summed E-state index contributed by atoms with van der Waals surface area (Å²) in [6, 6.07) is 0. The maximum Gasteiger partial charge on any atom is 0.237 e. The van der Waals surface area contributed by atoms with Gasteiger partial charge in [-0.25, -0.2) is 0 Å². The topological polar surface area (TPSA) is 58.4 Å². The Kier molecular flexibility index (Phi) is 6.06. The van der Waals surface area contributed by atoms with E-state index in [4.69, 9.17) is 5.73 Å². The van der Waals surface area contributed by atoms with E-state index in [0.717, 1.165) is 37.6 Å². The number of nitrogens with two attached hydrogens (primary N) is 1. The van der Waals surface area contributed by atoms with Gasteiger partial charge >= 0.3 is 0 Å². The smallest absolute Gasteiger partial charge is 0.237 e. The van der Waals surface area contributed by atoms with E-state index in [0.29, 0.717) is 0 Å². The Morgan fingerprint density at radius 1 is 1.29 bits per heavy atom. The lowest BCUT2D eigenvalue weighted by molar-refractivity contribution is -0.124. The summed E-state index contributed by atoms with van der Waals surface area (Å²) in [7, 11) is 0. The summed E-state index contributed by atoms with van der Waals surface area (Å²) >= 11 is 0. The molecule has 0 spiro atoms. The Morgan fingerprint density at radius 2 is 1.95 bits per heavy atom. The van der Waals surface area contributed by atoms with Crippen LogP contribution in [-0.2, 0) is 4.79 Å². The Labute approximate surface area is 129 Å². The number of hydrogen-bond donors (Lipinski definition) is 2. The third-order valence-electron chi connectivity index (χ3n) is 5.51. The third-order valence-corrected chi connectivity index (χ3v) is 5.51. The van der Waals surface area contributed by atoms with Gasteiger partial charge in [-0.15, -0.1) is 0 Å². The number of carbonyl (C=O) groups excluding carboxylic acids is 1. The fourth-order valence-corrected chi connectivity index (χ4v) is 4.03. The molecular formula is C17H33N3O. The van der Waals surface area contributed by atoms with Crippen molar-refractivity contribution in [3.63, 3.8) is 0 Å². The highest BCUT2D eigenvalue weighted by Gasteiger charge is 2.35. The Balaban J connectivity index is 1.65. The van der Waals surface area contributed by atoms with Crippen molar-refractivity contribution in [3.05, 3.63) is 0 Å². The molecular weight excluding hydrogens is 262 g/mol. The van der Waals surface area contributed by atoms with Crippen molar-refractivity contribution in [2.75, 3.05) is 26.2 Å². The van der Waals surface area contributed by atoms with E-state index in [1.165, 1.54) is 45.3 Å². The van der Waals surface area contributed by atoms with E-state index in [9.17, 15) is 4.79 Å². The first-order valence-electron chi connectivity index (χ1n) is 8.82. The second kappa shape index (κ2) is 7.59. The van der Waals surface area contributed by atoms with Crippen LogP contribution in [-0.4, -0.2) is 42.5 Å². The molecule has 2 fully saturated rings. The van der Waals surface area contributed by atoms with E-state index in [1.54, 1.807) is 0 Å². The van der Waals surface area contributed by atoms with Crippen LogP contribution in [0.3, 0.4) is 0 Å². The zero-order valence-electron chi connectivity index (χ0n) is 13.9. The van der Waals surface area contributed by atoms with Gasteiger partial charge in [0.25, 0.3) is 0 Å². The van der Waals surface area contributed by atoms with Gasteiger partial charge in [0.2, 0.25) is 5.91 Å². The number of unbranched alkanes of at least 4 members (excludes halogenated alkanes) is 1. The molecule has 1 saturated carbocycles. The van der Waals surface area contributed by atoms with Crippen molar-refractivity contribution in [1.82, 2.24) is 10.2 Å². The van der Waals surface area contributed by atoms with Crippen LogP contribution in [0.4, 0.5) is 0 Å². The molecule has 2 rings (SSSR count). The van der Waals surface area contributed by atoms with Crippen LogP contribution in [0.2, 0.25) is 0 Å². The van der Waals surface area contributed by atoms with Crippen LogP contribution < -0.4 is 11.1 Å². The summed E-state index contributed by atoms with van der Waals surface area (Å²) < 4.78 is 0. The fraction of sp³-hybridized carbons (Fsp3) is 0.941. The molecule has 21 heavy (non-hydrogen) atoms. The second-order valence-corrected chi connectivity index (χ2v) is 7.29. The molecule has 0 radical (unpaired) electrons. The molecule has 0 aromatic carbocycles.